The molecule has 0 aliphatic rings. The van der Waals surface area contributed by atoms with Gasteiger partial charge in [0, 0.05) is 6.42 Å². The second-order valence-electron chi connectivity index (χ2n) is 5.10. The van der Waals surface area contributed by atoms with Gasteiger partial charge in [0.2, 0.25) is 5.75 Å². The fraction of sp³-hybridized carbons (Fsp3) is 0.278. The minimum atomic E-state index is -0.447. The number of phenolic OH excluding ortho intramolecular Hbond substituents is 2. The molecule has 0 bridgehead atoms. The molecule has 122 valence electrons. The number of ether oxygens (including phenoxy) is 2. The van der Waals surface area contributed by atoms with Gasteiger partial charge in [-0.2, -0.15) is 0 Å². The van der Waals surface area contributed by atoms with Gasteiger partial charge in [0.25, 0.3) is 0 Å². The zero-order chi connectivity index (χ0) is 16.8. The summed E-state index contributed by atoms with van der Waals surface area (Å²) in [5.74, 6) is -0.259. The monoisotopic (exact) mass is 316 g/mol. The summed E-state index contributed by atoms with van der Waals surface area (Å²) in [7, 11) is 1.57. The second-order valence-corrected chi connectivity index (χ2v) is 5.10. The van der Waals surface area contributed by atoms with E-state index >= 15 is 0 Å². The molecule has 2 aromatic carbocycles. The predicted octanol–water partition coefficient (Wildman–Crippen LogP) is 3.32. The van der Waals surface area contributed by atoms with Crippen LogP contribution in [-0.4, -0.2) is 29.7 Å². The van der Waals surface area contributed by atoms with Gasteiger partial charge in [0.15, 0.2) is 17.3 Å². The van der Waals surface area contributed by atoms with E-state index in [0.717, 1.165) is 12.0 Å². The zero-order valence-electron chi connectivity index (χ0n) is 13.2. The van der Waals surface area contributed by atoms with Gasteiger partial charge in [-0.15, -0.1) is 0 Å². The highest BCUT2D eigenvalue weighted by molar-refractivity contribution is 6.00. The van der Waals surface area contributed by atoms with Crippen molar-refractivity contribution in [2.75, 3.05) is 13.7 Å². The Labute approximate surface area is 135 Å². The Kier molecular flexibility index (Phi) is 5.46. The molecule has 2 aromatic rings. The number of phenols is 2. The van der Waals surface area contributed by atoms with Crippen LogP contribution in [0.4, 0.5) is 0 Å². The fourth-order valence-electron chi connectivity index (χ4n) is 2.14. The fourth-order valence-corrected chi connectivity index (χ4v) is 2.14. The average molecular weight is 316 g/mol. The molecule has 2 rings (SSSR count). The highest BCUT2D eigenvalue weighted by Crippen LogP contribution is 2.38. The van der Waals surface area contributed by atoms with Crippen molar-refractivity contribution in [3.8, 4) is 23.0 Å². The highest BCUT2D eigenvalue weighted by atomic mass is 16.5. The van der Waals surface area contributed by atoms with Crippen molar-refractivity contribution in [3.05, 3.63) is 47.5 Å². The van der Waals surface area contributed by atoms with Gasteiger partial charge in [0.05, 0.1) is 19.3 Å². The lowest BCUT2D eigenvalue weighted by Crippen LogP contribution is -2.05. The van der Waals surface area contributed by atoms with E-state index in [1.54, 1.807) is 31.4 Å². The Morgan fingerprint density at radius 1 is 1.04 bits per heavy atom. The van der Waals surface area contributed by atoms with E-state index in [2.05, 4.69) is 0 Å². The molecule has 0 atom stereocenters. The van der Waals surface area contributed by atoms with Gasteiger partial charge in [0.1, 0.15) is 5.75 Å². The number of carbonyl (C=O) groups excluding carboxylic acids is 1. The quantitative estimate of drug-likeness (QED) is 0.605. The summed E-state index contributed by atoms with van der Waals surface area (Å²) in [6, 6.07) is 10.1. The third kappa shape index (κ3) is 3.94. The molecule has 23 heavy (non-hydrogen) atoms. The maximum absolute atomic E-state index is 12.3. The number of rotatable bonds is 7. The molecule has 0 unspecified atom stereocenters. The molecule has 0 heterocycles. The van der Waals surface area contributed by atoms with Crippen molar-refractivity contribution in [1.29, 1.82) is 0 Å². The molecule has 0 amide bonds. The number of ketones is 1. The molecule has 0 aliphatic heterocycles. The van der Waals surface area contributed by atoms with Crippen molar-refractivity contribution in [2.24, 2.45) is 0 Å². The highest BCUT2D eigenvalue weighted by Gasteiger charge is 2.18. The molecule has 0 aromatic heterocycles. The lowest BCUT2D eigenvalue weighted by atomic mass is 10.0. The third-order valence-corrected chi connectivity index (χ3v) is 3.40. The first kappa shape index (κ1) is 16.7. The molecular formula is C18H20O5. The Bertz CT molecular complexity index is 677. The number of aromatic hydroxyl groups is 2. The van der Waals surface area contributed by atoms with E-state index in [4.69, 9.17) is 9.47 Å². The van der Waals surface area contributed by atoms with Crippen molar-refractivity contribution in [3.63, 3.8) is 0 Å². The van der Waals surface area contributed by atoms with Crippen LogP contribution in [0.3, 0.4) is 0 Å². The van der Waals surface area contributed by atoms with Crippen molar-refractivity contribution in [2.45, 2.75) is 19.8 Å². The van der Waals surface area contributed by atoms with E-state index in [9.17, 15) is 15.0 Å². The largest absolute Gasteiger partial charge is 0.504 e. The van der Waals surface area contributed by atoms with Crippen LogP contribution in [0.25, 0.3) is 0 Å². The van der Waals surface area contributed by atoms with E-state index < -0.39 is 11.5 Å². The molecular weight excluding hydrogens is 296 g/mol. The number of hydrogen-bond acceptors (Lipinski definition) is 5. The average Bonchev–Trinajstić information content (AvgIpc) is 2.56. The smallest absolute Gasteiger partial charge is 0.201 e. The van der Waals surface area contributed by atoms with Gasteiger partial charge < -0.3 is 19.7 Å². The summed E-state index contributed by atoms with van der Waals surface area (Å²) in [5, 5.41) is 20.0. The van der Waals surface area contributed by atoms with Crippen LogP contribution in [0.15, 0.2) is 36.4 Å². The summed E-state index contributed by atoms with van der Waals surface area (Å²) in [6.45, 7) is 2.36. The summed E-state index contributed by atoms with van der Waals surface area (Å²) >= 11 is 0. The summed E-state index contributed by atoms with van der Waals surface area (Å²) in [4.78, 5) is 12.3. The molecule has 5 nitrogen and oxygen atoms in total. The van der Waals surface area contributed by atoms with Crippen LogP contribution >= 0.6 is 0 Å². The van der Waals surface area contributed by atoms with Gasteiger partial charge >= 0.3 is 0 Å². The Hall–Kier alpha value is -2.69. The molecule has 2 N–H and O–H groups in total. The first-order valence-corrected chi connectivity index (χ1v) is 7.40. The van der Waals surface area contributed by atoms with Crippen molar-refractivity contribution in [1.82, 2.24) is 0 Å². The first-order chi connectivity index (χ1) is 11.1. The van der Waals surface area contributed by atoms with Crippen LogP contribution in [0.1, 0.15) is 29.3 Å². The minimum Gasteiger partial charge on any atom is -0.504 e. The third-order valence-electron chi connectivity index (χ3n) is 3.40. The molecule has 0 saturated carbocycles. The minimum absolute atomic E-state index is 0.0715. The van der Waals surface area contributed by atoms with Gasteiger partial charge in [-0.25, -0.2) is 0 Å². The van der Waals surface area contributed by atoms with E-state index in [-0.39, 0.29) is 23.5 Å². The second kappa shape index (κ2) is 7.54. The number of Topliss-reactive ketones (excluding diaryl/α,β-unsaturated/α-hetero) is 1. The topological polar surface area (TPSA) is 76.0 Å². The summed E-state index contributed by atoms with van der Waals surface area (Å²) in [5.41, 5.74) is 0.864. The van der Waals surface area contributed by atoms with E-state index in [1.807, 2.05) is 6.92 Å². The lowest BCUT2D eigenvalue weighted by Gasteiger charge is -2.11. The predicted molar refractivity (Wildman–Crippen MR) is 86.6 cm³/mol. The Morgan fingerprint density at radius 2 is 1.74 bits per heavy atom. The molecule has 5 heteroatoms. The van der Waals surface area contributed by atoms with Gasteiger partial charge in [-0.05, 0) is 36.2 Å². The van der Waals surface area contributed by atoms with Crippen LogP contribution < -0.4 is 9.47 Å². The maximum Gasteiger partial charge on any atom is 0.201 e. The Balaban J connectivity index is 2.16. The lowest BCUT2D eigenvalue weighted by molar-refractivity contribution is 0.0989. The van der Waals surface area contributed by atoms with Crippen LogP contribution in [0.2, 0.25) is 0 Å². The van der Waals surface area contributed by atoms with Crippen molar-refractivity contribution >= 4 is 5.78 Å². The molecule has 0 radical (unpaired) electrons. The number of hydrogen-bond donors (Lipinski definition) is 2. The van der Waals surface area contributed by atoms with Crippen LogP contribution in [0.5, 0.6) is 23.0 Å². The number of methoxy groups -OCH3 is 1. The Morgan fingerprint density at radius 3 is 2.35 bits per heavy atom. The zero-order valence-corrected chi connectivity index (χ0v) is 13.2. The summed E-state index contributed by atoms with van der Waals surface area (Å²) < 4.78 is 10.4. The number of benzene rings is 2. The van der Waals surface area contributed by atoms with E-state index in [0.29, 0.717) is 12.4 Å². The molecule has 0 fully saturated rings. The SMILES string of the molecule is CCCOc1ccc(C(=O)Cc2ccc(OC)cc2)c(O)c1O. The van der Waals surface area contributed by atoms with Crippen LogP contribution in [-0.2, 0) is 6.42 Å². The molecule has 0 aliphatic carbocycles. The first-order valence-electron chi connectivity index (χ1n) is 7.40. The normalized spacial score (nSPS) is 10.3. The van der Waals surface area contributed by atoms with E-state index in [1.165, 1.54) is 12.1 Å². The molecule has 0 saturated heterocycles. The van der Waals surface area contributed by atoms with Crippen molar-refractivity contribution < 1.29 is 24.5 Å². The van der Waals surface area contributed by atoms with Crippen LogP contribution in [0, 0.1) is 0 Å². The maximum atomic E-state index is 12.3. The summed E-state index contributed by atoms with van der Waals surface area (Å²) in [6.07, 6.45) is 0.893. The van der Waals surface area contributed by atoms with Gasteiger partial charge in [-0.3, -0.25) is 4.79 Å². The molecule has 0 spiro atoms. The number of carbonyl (C=O) groups is 1. The standard InChI is InChI=1S/C18H20O5/c1-3-10-23-16-9-8-14(17(20)18(16)21)15(19)11-12-4-6-13(22-2)7-5-12/h4-9,20-21H,3,10-11H2,1-2H3. The van der Waals surface area contributed by atoms with Gasteiger partial charge in [-0.1, -0.05) is 19.1 Å².